The van der Waals surface area contributed by atoms with Gasteiger partial charge < -0.3 is 19.4 Å². The Labute approximate surface area is 192 Å². The number of aromatic nitrogens is 1. The van der Waals surface area contributed by atoms with Crippen molar-refractivity contribution in [3.8, 4) is 23.3 Å². The van der Waals surface area contributed by atoms with Crippen LogP contribution >= 0.6 is 11.6 Å². The Morgan fingerprint density at radius 3 is 2.53 bits per heavy atom. The van der Waals surface area contributed by atoms with Crippen molar-refractivity contribution < 1.29 is 14.3 Å². The standard InChI is InChI=1S/C25H24ClN3O3/c1-5-32-22-9-7-21(8-10-22)29-16(2)12-18(17(29)3)13-19(15-27)25(30)28-23-14-20(26)6-11-24(23)31-4/h6-14H,5H2,1-4H3,(H,28,30)/b19-13+. The highest BCUT2D eigenvalue weighted by molar-refractivity contribution is 6.31. The minimum absolute atomic E-state index is 0.0287. The average Bonchev–Trinajstić information content (AvgIpc) is 3.05. The molecule has 0 aliphatic heterocycles. The minimum atomic E-state index is -0.543. The highest BCUT2D eigenvalue weighted by atomic mass is 35.5. The van der Waals surface area contributed by atoms with E-state index in [9.17, 15) is 10.1 Å². The molecule has 0 aliphatic carbocycles. The molecule has 32 heavy (non-hydrogen) atoms. The lowest BCUT2D eigenvalue weighted by Crippen LogP contribution is -2.14. The normalized spacial score (nSPS) is 11.1. The predicted octanol–water partition coefficient (Wildman–Crippen LogP) is 5.70. The SMILES string of the molecule is CCOc1ccc(-n2c(C)cc(/C=C(\C#N)C(=O)Nc3cc(Cl)ccc3OC)c2C)cc1. The van der Waals surface area contributed by atoms with Gasteiger partial charge in [-0.25, -0.2) is 0 Å². The van der Waals surface area contributed by atoms with Crippen LogP contribution in [0, 0.1) is 25.2 Å². The van der Waals surface area contributed by atoms with Crippen LogP contribution in [-0.4, -0.2) is 24.2 Å². The summed E-state index contributed by atoms with van der Waals surface area (Å²) < 4.78 is 12.8. The first-order valence-corrected chi connectivity index (χ1v) is 10.4. The fourth-order valence-electron chi connectivity index (χ4n) is 3.46. The molecule has 0 atom stereocenters. The molecule has 0 unspecified atom stereocenters. The number of amides is 1. The fraction of sp³-hybridized carbons (Fsp3) is 0.200. The van der Waals surface area contributed by atoms with Crippen LogP contribution in [0.5, 0.6) is 11.5 Å². The summed E-state index contributed by atoms with van der Waals surface area (Å²) in [7, 11) is 1.50. The Morgan fingerprint density at radius 1 is 1.19 bits per heavy atom. The van der Waals surface area contributed by atoms with Crippen LogP contribution in [0.25, 0.3) is 11.8 Å². The molecule has 1 N–H and O–H groups in total. The third kappa shape index (κ3) is 4.96. The molecule has 3 aromatic rings. The van der Waals surface area contributed by atoms with Gasteiger partial charge in [-0.3, -0.25) is 4.79 Å². The molecule has 2 aromatic carbocycles. The number of hydrogen-bond acceptors (Lipinski definition) is 4. The summed E-state index contributed by atoms with van der Waals surface area (Å²) in [4.78, 5) is 12.8. The summed E-state index contributed by atoms with van der Waals surface area (Å²) in [5.74, 6) is 0.714. The molecule has 0 aliphatic rings. The molecule has 164 valence electrons. The maximum Gasteiger partial charge on any atom is 0.266 e. The van der Waals surface area contributed by atoms with Crippen LogP contribution in [0.15, 0.2) is 54.1 Å². The van der Waals surface area contributed by atoms with E-state index in [1.165, 1.54) is 7.11 Å². The van der Waals surface area contributed by atoms with E-state index in [2.05, 4.69) is 9.88 Å². The molecule has 0 bridgehead atoms. The molecule has 0 radical (unpaired) electrons. The molecule has 0 saturated carbocycles. The van der Waals surface area contributed by atoms with Gasteiger partial charge in [-0.15, -0.1) is 0 Å². The van der Waals surface area contributed by atoms with Gasteiger partial charge in [0.25, 0.3) is 5.91 Å². The van der Waals surface area contributed by atoms with E-state index in [0.717, 1.165) is 28.4 Å². The van der Waals surface area contributed by atoms with Gasteiger partial charge in [0.15, 0.2) is 0 Å². The Morgan fingerprint density at radius 2 is 1.91 bits per heavy atom. The third-order valence-electron chi connectivity index (χ3n) is 4.95. The van der Waals surface area contributed by atoms with Crippen molar-refractivity contribution in [2.24, 2.45) is 0 Å². The average molecular weight is 450 g/mol. The molecule has 1 aromatic heterocycles. The lowest BCUT2D eigenvalue weighted by Gasteiger charge is -2.11. The van der Waals surface area contributed by atoms with Crippen LogP contribution in [0.4, 0.5) is 5.69 Å². The van der Waals surface area contributed by atoms with E-state index in [0.29, 0.717) is 23.1 Å². The van der Waals surface area contributed by atoms with E-state index < -0.39 is 5.91 Å². The quantitative estimate of drug-likeness (QED) is 0.370. The van der Waals surface area contributed by atoms with Gasteiger partial charge in [-0.1, -0.05) is 11.6 Å². The number of carbonyl (C=O) groups excluding carboxylic acids is 1. The van der Waals surface area contributed by atoms with Gasteiger partial charge in [-0.2, -0.15) is 5.26 Å². The van der Waals surface area contributed by atoms with E-state index in [-0.39, 0.29) is 5.57 Å². The number of methoxy groups -OCH3 is 1. The minimum Gasteiger partial charge on any atom is -0.495 e. The van der Waals surface area contributed by atoms with Crippen LogP contribution in [-0.2, 0) is 4.79 Å². The van der Waals surface area contributed by atoms with Crippen molar-refractivity contribution in [3.63, 3.8) is 0 Å². The van der Waals surface area contributed by atoms with Crippen molar-refractivity contribution in [1.82, 2.24) is 4.57 Å². The first kappa shape index (κ1) is 23.0. The third-order valence-corrected chi connectivity index (χ3v) is 5.19. The number of nitriles is 1. The number of aryl methyl sites for hydroxylation is 1. The Balaban J connectivity index is 1.91. The number of carbonyl (C=O) groups is 1. The summed E-state index contributed by atoms with van der Waals surface area (Å²) >= 11 is 6.03. The van der Waals surface area contributed by atoms with E-state index in [4.69, 9.17) is 21.1 Å². The number of halogens is 1. The van der Waals surface area contributed by atoms with E-state index >= 15 is 0 Å². The van der Waals surface area contributed by atoms with Gasteiger partial charge in [0.05, 0.1) is 19.4 Å². The Bertz CT molecular complexity index is 1200. The van der Waals surface area contributed by atoms with Gasteiger partial charge in [0.2, 0.25) is 0 Å². The topological polar surface area (TPSA) is 76.3 Å². The smallest absolute Gasteiger partial charge is 0.266 e. The molecule has 3 rings (SSSR count). The van der Waals surface area contributed by atoms with E-state index in [1.807, 2.05) is 57.2 Å². The fourth-order valence-corrected chi connectivity index (χ4v) is 3.63. The lowest BCUT2D eigenvalue weighted by atomic mass is 10.1. The Hall–Kier alpha value is -3.69. The molecular weight excluding hydrogens is 426 g/mol. The van der Waals surface area contributed by atoms with Gasteiger partial charge >= 0.3 is 0 Å². The van der Waals surface area contributed by atoms with Crippen molar-refractivity contribution in [3.05, 3.63) is 76.1 Å². The molecule has 0 spiro atoms. The second kappa shape index (κ2) is 10.1. The number of benzene rings is 2. The number of hydrogen-bond donors (Lipinski definition) is 1. The molecular formula is C25H24ClN3O3. The number of anilines is 1. The van der Waals surface area contributed by atoms with Gasteiger partial charge in [0, 0.05) is 22.1 Å². The maximum atomic E-state index is 12.8. The second-order valence-corrected chi connectivity index (χ2v) is 7.49. The molecule has 1 amide bonds. The first-order valence-electron chi connectivity index (χ1n) is 10.1. The Kier molecular flexibility index (Phi) is 7.24. The number of nitrogens with zero attached hydrogens (tertiary/aromatic N) is 2. The summed E-state index contributed by atoms with van der Waals surface area (Å²) in [5, 5.41) is 12.8. The molecule has 6 nitrogen and oxygen atoms in total. The lowest BCUT2D eigenvalue weighted by molar-refractivity contribution is -0.112. The highest BCUT2D eigenvalue weighted by Gasteiger charge is 2.16. The van der Waals surface area contributed by atoms with Gasteiger partial charge in [-0.05, 0) is 80.9 Å². The molecule has 7 heteroatoms. The van der Waals surface area contributed by atoms with Crippen LogP contribution < -0.4 is 14.8 Å². The highest BCUT2D eigenvalue weighted by Crippen LogP contribution is 2.29. The summed E-state index contributed by atoms with van der Waals surface area (Å²) in [5.41, 5.74) is 4.00. The molecule has 0 saturated heterocycles. The summed E-state index contributed by atoms with van der Waals surface area (Å²) in [6, 6.07) is 16.6. The number of rotatable bonds is 7. The second-order valence-electron chi connectivity index (χ2n) is 7.06. The van der Waals surface area contributed by atoms with Crippen LogP contribution in [0.2, 0.25) is 5.02 Å². The largest absolute Gasteiger partial charge is 0.495 e. The monoisotopic (exact) mass is 449 g/mol. The molecule has 1 heterocycles. The van der Waals surface area contributed by atoms with Crippen molar-refractivity contribution in [2.75, 3.05) is 19.0 Å². The maximum absolute atomic E-state index is 12.8. The zero-order valence-electron chi connectivity index (χ0n) is 18.4. The van der Waals surface area contributed by atoms with Gasteiger partial charge in [0.1, 0.15) is 23.1 Å². The molecule has 0 fully saturated rings. The van der Waals surface area contributed by atoms with Crippen molar-refractivity contribution in [1.29, 1.82) is 5.26 Å². The first-order chi connectivity index (χ1) is 15.4. The van der Waals surface area contributed by atoms with E-state index in [1.54, 1.807) is 24.3 Å². The van der Waals surface area contributed by atoms with Crippen molar-refractivity contribution >= 4 is 29.3 Å². The summed E-state index contributed by atoms with van der Waals surface area (Å²) in [6.45, 7) is 6.47. The number of nitrogens with one attached hydrogen (secondary N) is 1. The summed E-state index contributed by atoms with van der Waals surface area (Å²) in [6.07, 6.45) is 1.58. The zero-order chi connectivity index (χ0) is 23.3. The van der Waals surface area contributed by atoms with Crippen molar-refractivity contribution in [2.45, 2.75) is 20.8 Å². The zero-order valence-corrected chi connectivity index (χ0v) is 19.2. The van der Waals surface area contributed by atoms with Crippen LogP contribution in [0.1, 0.15) is 23.9 Å². The number of ether oxygens (including phenoxy) is 2. The predicted molar refractivity (Wildman–Crippen MR) is 127 cm³/mol. The van der Waals surface area contributed by atoms with Crippen LogP contribution in [0.3, 0.4) is 0 Å².